The number of fused-ring (bicyclic) bond motifs is 1. The van der Waals surface area contributed by atoms with E-state index in [0.29, 0.717) is 13.0 Å². The van der Waals surface area contributed by atoms with Gasteiger partial charge in [-0.1, -0.05) is 35.0 Å². The van der Waals surface area contributed by atoms with E-state index < -0.39 is 0 Å². The lowest BCUT2D eigenvalue weighted by atomic mass is 10.2. The highest BCUT2D eigenvalue weighted by atomic mass is 79.9. The van der Waals surface area contributed by atoms with Gasteiger partial charge in [0.1, 0.15) is 6.54 Å². The summed E-state index contributed by atoms with van der Waals surface area (Å²) in [4.78, 5) is 12.0. The van der Waals surface area contributed by atoms with Gasteiger partial charge in [-0.25, -0.2) is 9.13 Å². The summed E-state index contributed by atoms with van der Waals surface area (Å²) in [6.07, 6.45) is 0.552. The van der Waals surface area contributed by atoms with Crippen LogP contribution in [-0.2, 0) is 18.4 Å². The molecular formula is C18H18BrN2O+. The summed E-state index contributed by atoms with van der Waals surface area (Å²) in [5.41, 5.74) is 3.32. The highest BCUT2D eigenvalue weighted by molar-refractivity contribution is 9.10. The lowest BCUT2D eigenvalue weighted by Crippen LogP contribution is -2.30. The first-order valence-corrected chi connectivity index (χ1v) is 8.16. The Morgan fingerprint density at radius 2 is 1.82 bits per heavy atom. The van der Waals surface area contributed by atoms with Crippen molar-refractivity contribution in [1.82, 2.24) is 4.57 Å². The van der Waals surface area contributed by atoms with Crippen molar-refractivity contribution in [3.8, 4) is 11.4 Å². The van der Waals surface area contributed by atoms with Crippen molar-refractivity contribution in [2.75, 3.05) is 0 Å². The number of halogens is 1. The minimum absolute atomic E-state index is 0.236. The van der Waals surface area contributed by atoms with Crippen LogP contribution in [-0.4, -0.2) is 10.4 Å². The number of aromatic nitrogens is 2. The molecule has 1 heterocycles. The number of ketones is 1. The third-order valence-electron chi connectivity index (χ3n) is 3.94. The fraction of sp³-hybridized carbons (Fsp3) is 0.222. The van der Waals surface area contributed by atoms with Gasteiger partial charge in [-0.2, -0.15) is 0 Å². The van der Waals surface area contributed by atoms with Crippen LogP contribution in [0.1, 0.15) is 13.3 Å². The maximum atomic E-state index is 12.0. The van der Waals surface area contributed by atoms with Crippen molar-refractivity contribution in [1.29, 1.82) is 0 Å². The van der Waals surface area contributed by atoms with Crippen LogP contribution in [0, 0.1) is 0 Å². The van der Waals surface area contributed by atoms with Crippen LogP contribution in [0.5, 0.6) is 0 Å². The number of benzene rings is 2. The molecule has 0 aliphatic carbocycles. The maximum absolute atomic E-state index is 12.0. The molecule has 22 heavy (non-hydrogen) atoms. The number of hydrogen-bond donors (Lipinski definition) is 0. The van der Waals surface area contributed by atoms with Gasteiger partial charge in [0, 0.05) is 10.9 Å². The Hall–Kier alpha value is -1.94. The first kappa shape index (κ1) is 15.0. The highest BCUT2D eigenvalue weighted by Gasteiger charge is 2.25. The van der Waals surface area contributed by atoms with E-state index >= 15 is 0 Å². The first-order chi connectivity index (χ1) is 10.6. The van der Waals surface area contributed by atoms with Gasteiger partial charge in [0.05, 0.1) is 12.6 Å². The zero-order valence-electron chi connectivity index (χ0n) is 12.7. The minimum Gasteiger partial charge on any atom is -0.295 e. The van der Waals surface area contributed by atoms with Crippen molar-refractivity contribution < 1.29 is 9.36 Å². The molecule has 3 nitrogen and oxygen atoms in total. The number of imidazole rings is 1. The van der Waals surface area contributed by atoms with Gasteiger partial charge in [0.25, 0.3) is 5.82 Å². The SMILES string of the molecule is CCC(=O)Cn1c(-c2ccc(Br)cc2)[n+](C)c2ccccc21. The topological polar surface area (TPSA) is 25.9 Å². The lowest BCUT2D eigenvalue weighted by Gasteiger charge is -2.03. The number of Topliss-reactive ketones (excluding diaryl/α,β-unsaturated/α-hetero) is 1. The van der Waals surface area contributed by atoms with E-state index in [-0.39, 0.29) is 5.78 Å². The zero-order chi connectivity index (χ0) is 15.7. The molecule has 0 fully saturated rings. The smallest absolute Gasteiger partial charge is 0.290 e. The Kier molecular flexibility index (Phi) is 4.12. The number of rotatable bonds is 4. The number of nitrogens with zero attached hydrogens (tertiary/aromatic N) is 2. The van der Waals surface area contributed by atoms with E-state index in [2.05, 4.69) is 49.3 Å². The Bertz CT molecular complexity index is 834. The molecule has 112 valence electrons. The molecule has 0 N–H and O–H groups in total. The molecule has 3 rings (SSSR count). The van der Waals surface area contributed by atoms with Crippen LogP contribution in [0.2, 0.25) is 0 Å². The number of aryl methyl sites for hydroxylation is 1. The quantitative estimate of drug-likeness (QED) is 0.650. The average Bonchev–Trinajstić information content (AvgIpc) is 2.81. The molecule has 0 saturated carbocycles. The third-order valence-corrected chi connectivity index (χ3v) is 4.47. The van der Waals surface area contributed by atoms with Crippen LogP contribution in [0.25, 0.3) is 22.4 Å². The van der Waals surface area contributed by atoms with Crippen LogP contribution >= 0.6 is 15.9 Å². The molecule has 0 saturated heterocycles. The highest BCUT2D eigenvalue weighted by Crippen LogP contribution is 2.24. The number of para-hydroxylation sites is 2. The predicted molar refractivity (Wildman–Crippen MR) is 91.5 cm³/mol. The van der Waals surface area contributed by atoms with Crippen molar-refractivity contribution in [3.63, 3.8) is 0 Å². The number of carbonyl (C=O) groups is 1. The molecule has 1 aromatic heterocycles. The average molecular weight is 358 g/mol. The maximum Gasteiger partial charge on any atom is 0.290 e. The largest absolute Gasteiger partial charge is 0.295 e. The summed E-state index contributed by atoms with van der Waals surface area (Å²) in [7, 11) is 2.05. The molecule has 0 aliphatic heterocycles. The van der Waals surface area contributed by atoms with Crippen LogP contribution in [0.4, 0.5) is 0 Å². The lowest BCUT2D eigenvalue weighted by molar-refractivity contribution is -0.634. The predicted octanol–water partition coefficient (Wildman–Crippen LogP) is 3.87. The molecule has 0 spiro atoms. The first-order valence-electron chi connectivity index (χ1n) is 7.36. The molecule has 2 aromatic carbocycles. The van der Waals surface area contributed by atoms with E-state index in [1.807, 2.05) is 38.2 Å². The van der Waals surface area contributed by atoms with Gasteiger partial charge in [-0.05, 0) is 36.4 Å². The van der Waals surface area contributed by atoms with Crippen LogP contribution in [0.15, 0.2) is 53.0 Å². The van der Waals surface area contributed by atoms with Gasteiger partial charge in [-0.15, -0.1) is 0 Å². The van der Waals surface area contributed by atoms with Crippen molar-refractivity contribution in [2.45, 2.75) is 19.9 Å². The molecule has 0 unspecified atom stereocenters. The van der Waals surface area contributed by atoms with Gasteiger partial charge < -0.3 is 0 Å². The molecule has 0 bridgehead atoms. The van der Waals surface area contributed by atoms with Crippen LogP contribution in [0.3, 0.4) is 0 Å². The monoisotopic (exact) mass is 357 g/mol. The van der Waals surface area contributed by atoms with Crippen molar-refractivity contribution >= 4 is 32.7 Å². The molecule has 0 radical (unpaired) electrons. The second-order valence-corrected chi connectivity index (χ2v) is 6.27. The zero-order valence-corrected chi connectivity index (χ0v) is 14.3. The molecule has 0 aliphatic rings. The summed E-state index contributed by atoms with van der Waals surface area (Å²) >= 11 is 3.47. The summed E-state index contributed by atoms with van der Waals surface area (Å²) in [5.74, 6) is 1.29. The normalized spacial score (nSPS) is 11.0. The van der Waals surface area contributed by atoms with Crippen LogP contribution < -0.4 is 4.57 Å². The fourth-order valence-electron chi connectivity index (χ4n) is 2.78. The second-order valence-electron chi connectivity index (χ2n) is 5.36. The van der Waals surface area contributed by atoms with E-state index in [9.17, 15) is 4.79 Å². The van der Waals surface area contributed by atoms with Gasteiger partial charge in [-0.3, -0.25) is 4.79 Å². The van der Waals surface area contributed by atoms with Gasteiger partial charge in [0.2, 0.25) is 0 Å². The summed E-state index contributed by atoms with van der Waals surface area (Å²) in [6, 6.07) is 16.4. The second kappa shape index (κ2) is 6.05. The number of hydrogen-bond acceptors (Lipinski definition) is 1. The molecular weight excluding hydrogens is 340 g/mol. The van der Waals surface area contributed by atoms with E-state index in [1.165, 1.54) is 0 Å². The summed E-state index contributed by atoms with van der Waals surface area (Å²) < 4.78 is 5.32. The summed E-state index contributed by atoms with van der Waals surface area (Å²) in [5, 5.41) is 0. The van der Waals surface area contributed by atoms with Gasteiger partial charge >= 0.3 is 0 Å². The van der Waals surface area contributed by atoms with Crippen molar-refractivity contribution in [2.24, 2.45) is 7.05 Å². The number of carbonyl (C=O) groups excluding carboxylic acids is 1. The molecule has 0 amide bonds. The molecule has 3 aromatic rings. The van der Waals surface area contributed by atoms with Crippen molar-refractivity contribution in [3.05, 3.63) is 53.0 Å². The third kappa shape index (κ3) is 2.59. The van der Waals surface area contributed by atoms with E-state index in [4.69, 9.17) is 0 Å². The van der Waals surface area contributed by atoms with E-state index in [1.54, 1.807) is 0 Å². The molecule has 4 heteroatoms. The minimum atomic E-state index is 0.236. The Morgan fingerprint density at radius 3 is 2.50 bits per heavy atom. The Morgan fingerprint density at radius 1 is 1.14 bits per heavy atom. The summed E-state index contributed by atoms with van der Waals surface area (Å²) in [6.45, 7) is 2.32. The Balaban J connectivity index is 2.27. The Labute approximate surface area is 138 Å². The molecule has 0 atom stereocenters. The van der Waals surface area contributed by atoms with E-state index in [0.717, 1.165) is 26.9 Å². The van der Waals surface area contributed by atoms with Gasteiger partial charge in [0.15, 0.2) is 16.8 Å². The fourth-order valence-corrected chi connectivity index (χ4v) is 3.05. The standard InChI is InChI=1S/C18H18BrN2O/c1-3-15(22)12-21-17-7-5-4-6-16(17)20(2)18(21)13-8-10-14(19)11-9-13/h4-11H,3,12H2,1-2H3/q+1.